The van der Waals surface area contributed by atoms with Crippen LogP contribution < -0.4 is 0 Å². The number of hydrogen-bond acceptors (Lipinski definition) is 9. The molecule has 0 N–H and O–H groups in total. The largest absolute Gasteiger partial charge is 0.444 e. The predicted octanol–water partition coefficient (Wildman–Crippen LogP) is 4.52. The van der Waals surface area contributed by atoms with Gasteiger partial charge in [-0.2, -0.15) is 0 Å². The van der Waals surface area contributed by atoms with E-state index < -0.39 is 11.6 Å². The predicted molar refractivity (Wildman–Crippen MR) is 149 cm³/mol. The molecule has 12 heteroatoms. The summed E-state index contributed by atoms with van der Waals surface area (Å²) in [6.07, 6.45) is 6.52. The van der Waals surface area contributed by atoms with Crippen molar-refractivity contribution in [1.29, 1.82) is 0 Å². The van der Waals surface area contributed by atoms with Crippen molar-refractivity contribution in [2.75, 3.05) is 38.5 Å². The molecule has 2 atom stereocenters. The second-order valence-corrected chi connectivity index (χ2v) is 12.1. The first-order valence-electron chi connectivity index (χ1n) is 13.6. The van der Waals surface area contributed by atoms with Crippen molar-refractivity contribution >= 4 is 42.5 Å². The quantitative estimate of drug-likeness (QED) is 0.214. The van der Waals surface area contributed by atoms with Crippen LogP contribution in [-0.4, -0.2) is 99.3 Å². The molecule has 10 nitrogen and oxygen atoms in total. The molecule has 1 saturated carbocycles. The van der Waals surface area contributed by atoms with Gasteiger partial charge in [-0.1, -0.05) is 51.3 Å². The second kappa shape index (κ2) is 15.1. The van der Waals surface area contributed by atoms with E-state index in [0.29, 0.717) is 18.3 Å². The van der Waals surface area contributed by atoms with Crippen LogP contribution in [0.4, 0.5) is 4.79 Å². The number of carbonyl (C=O) groups excluding carboxylic acids is 3. The molecule has 0 bridgehead atoms. The lowest BCUT2D eigenvalue weighted by Gasteiger charge is -2.38. The molecule has 1 saturated heterocycles. The maximum absolute atomic E-state index is 13.4. The summed E-state index contributed by atoms with van der Waals surface area (Å²) in [5.74, 6) is 0.410. The molecule has 0 aromatic carbocycles. The van der Waals surface area contributed by atoms with Gasteiger partial charge in [0.15, 0.2) is 0 Å². The Labute approximate surface area is 237 Å². The van der Waals surface area contributed by atoms with E-state index in [-0.39, 0.29) is 42.1 Å². The van der Waals surface area contributed by atoms with E-state index in [4.69, 9.17) is 9.15 Å². The van der Waals surface area contributed by atoms with E-state index >= 15 is 0 Å². The number of thioether (sulfide) groups is 1. The highest BCUT2D eigenvalue weighted by Crippen LogP contribution is 2.28. The fraction of sp³-hybridized carbons (Fsp3) is 0.808. The Hall–Kier alpha value is -1.85. The molecular weight excluding hydrogens is 530 g/mol. The third-order valence-corrected chi connectivity index (χ3v) is 7.96. The lowest BCUT2D eigenvalue weighted by atomic mass is 9.88. The molecule has 2 fully saturated rings. The number of amides is 2. The highest BCUT2D eigenvalue weighted by Gasteiger charge is 2.37. The molecule has 1 aromatic heterocycles. The van der Waals surface area contributed by atoms with E-state index in [1.54, 1.807) is 9.80 Å². The van der Waals surface area contributed by atoms with Crippen molar-refractivity contribution < 1.29 is 23.5 Å². The third-order valence-electron chi connectivity index (χ3n) is 7.17. The summed E-state index contributed by atoms with van der Waals surface area (Å²) in [5, 5.41) is 8.48. The van der Waals surface area contributed by atoms with Crippen LogP contribution in [-0.2, 0) is 9.53 Å². The fourth-order valence-electron chi connectivity index (χ4n) is 4.91. The molecule has 0 spiro atoms. The van der Waals surface area contributed by atoms with E-state index in [1.807, 2.05) is 34.6 Å². The Morgan fingerprint density at radius 3 is 2.39 bits per heavy atom. The van der Waals surface area contributed by atoms with Crippen LogP contribution >= 0.6 is 24.2 Å². The molecule has 2 amide bonds. The minimum atomic E-state index is -0.592. The Bertz CT molecular complexity index is 897. The summed E-state index contributed by atoms with van der Waals surface area (Å²) < 4.78 is 11.2. The number of ketones is 1. The van der Waals surface area contributed by atoms with Crippen molar-refractivity contribution in [3.05, 3.63) is 5.89 Å². The summed E-state index contributed by atoms with van der Waals surface area (Å²) in [7, 11) is 0. The fourth-order valence-corrected chi connectivity index (χ4v) is 5.67. The monoisotopic (exact) mass is 573 g/mol. The first-order chi connectivity index (χ1) is 17.6. The normalized spacial score (nSPS) is 18.8. The number of hydrogen-bond donors (Lipinski definition) is 0. The van der Waals surface area contributed by atoms with Crippen LogP contribution in [0.3, 0.4) is 0 Å². The van der Waals surface area contributed by atoms with E-state index in [2.05, 4.69) is 15.1 Å². The van der Waals surface area contributed by atoms with Gasteiger partial charge >= 0.3 is 6.09 Å². The first kappa shape index (κ1) is 32.4. The minimum Gasteiger partial charge on any atom is -0.444 e. The Morgan fingerprint density at radius 1 is 1.16 bits per heavy atom. The number of aromatic nitrogens is 2. The zero-order valence-corrected chi connectivity index (χ0v) is 25.0. The van der Waals surface area contributed by atoms with Crippen molar-refractivity contribution in [2.45, 2.75) is 96.1 Å². The molecule has 2 aliphatic rings. The minimum absolute atomic E-state index is 0. The van der Waals surface area contributed by atoms with Crippen molar-refractivity contribution in [2.24, 2.45) is 5.92 Å². The summed E-state index contributed by atoms with van der Waals surface area (Å²) in [4.78, 5) is 43.5. The van der Waals surface area contributed by atoms with Gasteiger partial charge < -0.3 is 19.0 Å². The molecule has 2 unspecified atom stereocenters. The average molecular weight is 574 g/mol. The lowest BCUT2D eigenvalue weighted by Crippen LogP contribution is -2.50. The summed E-state index contributed by atoms with van der Waals surface area (Å²) in [6.45, 7) is 13.2. The van der Waals surface area contributed by atoms with E-state index in [9.17, 15) is 14.4 Å². The zero-order valence-electron chi connectivity index (χ0n) is 23.4. The van der Waals surface area contributed by atoms with Gasteiger partial charge in [0.2, 0.25) is 12.2 Å². The standard InChI is InChI=1S/C26H43N5O5S.ClH/c1-6-19(2)21(31(18-32)20-10-8-7-9-11-20)22(33)23-27-28-24(35-23)37-17-16-29-12-14-30(15-13-29)25(34)36-26(3,4)5;/h18-21H,6-17H2,1-5H3;1H. The molecule has 2 heterocycles. The molecule has 216 valence electrons. The van der Waals surface area contributed by atoms with Crippen molar-refractivity contribution in [3.8, 4) is 0 Å². The maximum Gasteiger partial charge on any atom is 0.410 e. The van der Waals surface area contributed by atoms with Gasteiger partial charge in [0, 0.05) is 44.5 Å². The van der Waals surface area contributed by atoms with Crippen LogP contribution in [0.1, 0.15) is 83.8 Å². The van der Waals surface area contributed by atoms with Gasteiger partial charge in [0.1, 0.15) is 11.6 Å². The first-order valence-corrected chi connectivity index (χ1v) is 14.5. The molecule has 1 aliphatic carbocycles. The van der Waals surface area contributed by atoms with Crippen LogP contribution in [0.15, 0.2) is 9.64 Å². The smallest absolute Gasteiger partial charge is 0.410 e. The maximum atomic E-state index is 13.4. The average Bonchev–Trinajstić information content (AvgIpc) is 3.35. The third kappa shape index (κ3) is 9.12. The number of ether oxygens (including phenoxy) is 1. The van der Waals surface area contributed by atoms with Crippen LogP contribution in [0.25, 0.3) is 0 Å². The van der Waals surface area contributed by atoms with Crippen molar-refractivity contribution in [1.82, 2.24) is 24.9 Å². The number of halogens is 1. The SMILES string of the molecule is CCC(C)C(C(=O)c1nnc(SCCN2CCN(C(=O)OC(C)(C)C)CC2)o1)N(C=O)C1CCCCC1.Cl. The van der Waals surface area contributed by atoms with Gasteiger partial charge in [-0.05, 0) is 39.5 Å². The number of carbonyl (C=O) groups is 3. The topological polar surface area (TPSA) is 109 Å². The number of piperazine rings is 1. The Balaban J connectivity index is 0.00000507. The van der Waals surface area contributed by atoms with Gasteiger partial charge in [-0.3, -0.25) is 14.5 Å². The lowest BCUT2D eigenvalue weighted by molar-refractivity contribution is -0.123. The molecule has 38 heavy (non-hydrogen) atoms. The van der Waals surface area contributed by atoms with Gasteiger partial charge in [-0.15, -0.1) is 22.6 Å². The van der Waals surface area contributed by atoms with Gasteiger partial charge in [0.25, 0.3) is 11.1 Å². The summed E-state index contributed by atoms with van der Waals surface area (Å²) in [5.41, 5.74) is -0.495. The second-order valence-electron chi connectivity index (χ2n) is 11.1. The highest BCUT2D eigenvalue weighted by molar-refractivity contribution is 7.99. The van der Waals surface area contributed by atoms with Gasteiger partial charge in [-0.25, -0.2) is 4.79 Å². The highest BCUT2D eigenvalue weighted by atomic mass is 35.5. The number of nitrogens with zero attached hydrogens (tertiary/aromatic N) is 5. The molecule has 1 aromatic rings. The molecule has 0 radical (unpaired) electrons. The Kier molecular flexibility index (Phi) is 12.8. The zero-order chi connectivity index (χ0) is 27.0. The number of Topliss-reactive ketones (excluding diaryl/α,β-unsaturated/α-hetero) is 1. The van der Waals surface area contributed by atoms with Crippen LogP contribution in [0.5, 0.6) is 0 Å². The summed E-state index contributed by atoms with van der Waals surface area (Å²) in [6, 6.07) is -0.507. The molecule has 1 aliphatic heterocycles. The molecular formula is C26H44ClN5O5S. The van der Waals surface area contributed by atoms with Crippen LogP contribution in [0, 0.1) is 5.92 Å². The van der Waals surface area contributed by atoms with E-state index in [1.165, 1.54) is 18.2 Å². The van der Waals surface area contributed by atoms with Crippen molar-refractivity contribution in [3.63, 3.8) is 0 Å². The van der Waals surface area contributed by atoms with Gasteiger partial charge in [0.05, 0.1) is 0 Å². The van der Waals surface area contributed by atoms with E-state index in [0.717, 1.165) is 63.9 Å². The van der Waals surface area contributed by atoms with Crippen LogP contribution in [0.2, 0.25) is 0 Å². The molecule has 3 rings (SSSR count). The summed E-state index contributed by atoms with van der Waals surface area (Å²) >= 11 is 1.41. The number of rotatable bonds is 11. The Morgan fingerprint density at radius 2 is 1.82 bits per heavy atom.